The molecule has 18 heavy (non-hydrogen) atoms. The van der Waals surface area contributed by atoms with Gasteiger partial charge in [-0.2, -0.15) is 5.26 Å². The summed E-state index contributed by atoms with van der Waals surface area (Å²) in [5.41, 5.74) is 8.76. The van der Waals surface area contributed by atoms with Crippen molar-refractivity contribution in [3.8, 4) is 6.07 Å². The number of halogens is 1. The smallest absolute Gasteiger partial charge is 0.125 e. The summed E-state index contributed by atoms with van der Waals surface area (Å²) < 4.78 is 13.1. The highest BCUT2D eigenvalue weighted by Crippen LogP contribution is 2.24. The van der Waals surface area contributed by atoms with Crippen molar-refractivity contribution in [1.29, 1.82) is 5.26 Å². The molecule has 0 fully saturated rings. The molecule has 2 aromatic rings. The van der Waals surface area contributed by atoms with Gasteiger partial charge >= 0.3 is 0 Å². The predicted octanol–water partition coefficient (Wildman–Crippen LogP) is 3.33. The first-order chi connectivity index (χ1) is 8.60. The highest BCUT2D eigenvalue weighted by atomic mass is 19.1. The summed E-state index contributed by atoms with van der Waals surface area (Å²) in [5.74, 6) is -0.306. The van der Waals surface area contributed by atoms with Crippen molar-refractivity contribution < 1.29 is 4.39 Å². The fourth-order valence-electron chi connectivity index (χ4n) is 1.62. The highest BCUT2D eigenvalue weighted by molar-refractivity contribution is 5.68. The number of hydrogen-bond donors (Lipinski definition) is 2. The Bertz CT molecular complexity index is 629. The predicted molar refractivity (Wildman–Crippen MR) is 70.0 cm³/mol. The van der Waals surface area contributed by atoms with E-state index in [1.54, 1.807) is 24.3 Å². The zero-order valence-corrected chi connectivity index (χ0v) is 9.87. The Hall–Kier alpha value is -2.54. The minimum absolute atomic E-state index is 0.306. The standard InChI is InChI=1S/C14H12FN3/c1-9-2-3-11(15)7-14(9)18-12-4-5-13(17)10(6-12)8-16/h2-7,18H,17H2,1H3. The minimum atomic E-state index is -0.306. The molecule has 0 unspecified atom stereocenters. The molecule has 0 amide bonds. The van der Waals surface area contributed by atoms with Gasteiger partial charge in [0.1, 0.15) is 11.9 Å². The van der Waals surface area contributed by atoms with Gasteiger partial charge in [0, 0.05) is 17.1 Å². The van der Waals surface area contributed by atoms with Crippen molar-refractivity contribution in [2.24, 2.45) is 0 Å². The molecule has 2 aromatic carbocycles. The fourth-order valence-corrected chi connectivity index (χ4v) is 1.62. The molecule has 0 aliphatic heterocycles. The summed E-state index contributed by atoms with van der Waals surface area (Å²) in [6.07, 6.45) is 0. The third-order valence-electron chi connectivity index (χ3n) is 2.65. The number of anilines is 3. The van der Waals surface area contributed by atoms with Gasteiger partial charge in [-0.25, -0.2) is 4.39 Å². The van der Waals surface area contributed by atoms with Crippen LogP contribution in [0.25, 0.3) is 0 Å². The molecule has 0 radical (unpaired) electrons. The molecule has 90 valence electrons. The van der Waals surface area contributed by atoms with Gasteiger partial charge < -0.3 is 11.1 Å². The summed E-state index contributed by atoms with van der Waals surface area (Å²) in [7, 11) is 0. The van der Waals surface area contributed by atoms with Gasteiger partial charge in [-0.15, -0.1) is 0 Å². The molecule has 0 spiro atoms. The molecule has 3 N–H and O–H groups in total. The topological polar surface area (TPSA) is 61.8 Å². The van der Waals surface area contributed by atoms with Crippen molar-refractivity contribution in [2.45, 2.75) is 6.92 Å². The zero-order valence-electron chi connectivity index (χ0n) is 9.87. The first-order valence-electron chi connectivity index (χ1n) is 5.43. The van der Waals surface area contributed by atoms with E-state index in [0.717, 1.165) is 5.56 Å². The summed E-state index contributed by atoms with van der Waals surface area (Å²) in [5, 5.41) is 12.0. The molecule has 0 saturated carbocycles. The number of hydrogen-bond acceptors (Lipinski definition) is 3. The van der Waals surface area contributed by atoms with Crippen LogP contribution in [0.5, 0.6) is 0 Å². The van der Waals surface area contributed by atoms with Crippen molar-refractivity contribution in [3.63, 3.8) is 0 Å². The van der Waals surface area contributed by atoms with Crippen molar-refractivity contribution in [3.05, 3.63) is 53.3 Å². The first kappa shape index (κ1) is 11.9. The number of nitrogens with two attached hydrogens (primary N) is 1. The Morgan fingerprint density at radius 2 is 2.00 bits per heavy atom. The minimum Gasteiger partial charge on any atom is -0.398 e. The van der Waals surface area contributed by atoms with Crippen molar-refractivity contribution in [1.82, 2.24) is 0 Å². The maximum Gasteiger partial charge on any atom is 0.125 e. The van der Waals surface area contributed by atoms with E-state index in [2.05, 4.69) is 5.32 Å². The quantitative estimate of drug-likeness (QED) is 0.793. The third kappa shape index (κ3) is 2.41. The molecular weight excluding hydrogens is 229 g/mol. The normalized spacial score (nSPS) is 9.83. The fraction of sp³-hybridized carbons (Fsp3) is 0.0714. The van der Waals surface area contributed by atoms with E-state index >= 15 is 0 Å². The second kappa shape index (κ2) is 4.76. The van der Waals surface area contributed by atoms with Crippen LogP contribution in [0.2, 0.25) is 0 Å². The van der Waals surface area contributed by atoms with E-state index in [1.165, 1.54) is 12.1 Å². The Kier molecular flexibility index (Phi) is 3.16. The van der Waals surface area contributed by atoms with Crippen LogP contribution in [-0.2, 0) is 0 Å². The average molecular weight is 241 g/mol. The summed E-state index contributed by atoms with van der Waals surface area (Å²) in [4.78, 5) is 0. The molecule has 0 bridgehead atoms. The molecule has 3 nitrogen and oxygen atoms in total. The van der Waals surface area contributed by atoms with Gasteiger partial charge in [-0.1, -0.05) is 6.07 Å². The maximum absolute atomic E-state index is 13.1. The lowest BCUT2D eigenvalue weighted by Crippen LogP contribution is -1.96. The molecule has 4 heteroatoms. The lowest BCUT2D eigenvalue weighted by atomic mass is 10.1. The van der Waals surface area contributed by atoms with Gasteiger partial charge in [0.2, 0.25) is 0 Å². The number of nitrogen functional groups attached to an aromatic ring is 1. The van der Waals surface area contributed by atoms with Gasteiger partial charge in [-0.3, -0.25) is 0 Å². The molecule has 0 aromatic heterocycles. The molecule has 0 atom stereocenters. The van der Waals surface area contributed by atoms with Crippen LogP contribution < -0.4 is 11.1 Å². The van der Waals surface area contributed by atoms with E-state index in [1.807, 2.05) is 13.0 Å². The molecule has 0 aliphatic rings. The zero-order chi connectivity index (χ0) is 13.1. The summed E-state index contributed by atoms with van der Waals surface area (Å²) in [6.45, 7) is 1.88. The molecular formula is C14H12FN3. The highest BCUT2D eigenvalue weighted by Gasteiger charge is 2.03. The Morgan fingerprint density at radius 3 is 2.72 bits per heavy atom. The van der Waals surface area contributed by atoms with Crippen molar-refractivity contribution >= 4 is 17.1 Å². The second-order valence-corrected chi connectivity index (χ2v) is 4.00. The summed E-state index contributed by atoms with van der Waals surface area (Å²) in [6, 6.07) is 11.6. The first-order valence-corrected chi connectivity index (χ1v) is 5.43. The number of nitrogens with zero attached hydrogens (tertiary/aromatic N) is 1. The SMILES string of the molecule is Cc1ccc(F)cc1Nc1ccc(N)c(C#N)c1. The average Bonchev–Trinajstić information content (AvgIpc) is 2.36. The monoisotopic (exact) mass is 241 g/mol. The number of aryl methyl sites for hydroxylation is 1. The third-order valence-corrected chi connectivity index (χ3v) is 2.65. The summed E-state index contributed by atoms with van der Waals surface area (Å²) >= 11 is 0. The van der Waals surface area contributed by atoms with Crippen LogP contribution in [0.1, 0.15) is 11.1 Å². The number of rotatable bonds is 2. The molecule has 2 rings (SSSR count). The van der Waals surface area contributed by atoms with Crippen LogP contribution >= 0.6 is 0 Å². The van der Waals surface area contributed by atoms with Gasteiger partial charge in [0.05, 0.1) is 5.56 Å². The lowest BCUT2D eigenvalue weighted by Gasteiger charge is -2.10. The van der Waals surface area contributed by atoms with Gasteiger partial charge in [0.25, 0.3) is 0 Å². The van der Waals surface area contributed by atoms with Crippen LogP contribution in [0, 0.1) is 24.1 Å². The molecule has 0 heterocycles. The Labute approximate surface area is 105 Å². The van der Waals surface area contributed by atoms with E-state index in [4.69, 9.17) is 11.0 Å². The number of benzene rings is 2. The largest absolute Gasteiger partial charge is 0.398 e. The maximum atomic E-state index is 13.1. The Morgan fingerprint density at radius 1 is 1.22 bits per heavy atom. The van der Waals surface area contributed by atoms with E-state index in [9.17, 15) is 4.39 Å². The van der Waals surface area contributed by atoms with E-state index in [0.29, 0.717) is 22.6 Å². The number of nitriles is 1. The molecule has 0 aliphatic carbocycles. The van der Waals surface area contributed by atoms with Crippen molar-refractivity contribution in [2.75, 3.05) is 11.1 Å². The van der Waals surface area contributed by atoms with Crippen LogP contribution in [0.3, 0.4) is 0 Å². The molecule has 0 saturated heterocycles. The van der Waals surface area contributed by atoms with Gasteiger partial charge in [-0.05, 0) is 42.8 Å². The number of nitrogens with one attached hydrogen (secondary N) is 1. The van der Waals surface area contributed by atoms with Gasteiger partial charge in [0.15, 0.2) is 0 Å². The van der Waals surface area contributed by atoms with Crippen LogP contribution in [0.15, 0.2) is 36.4 Å². The van der Waals surface area contributed by atoms with E-state index < -0.39 is 0 Å². The second-order valence-electron chi connectivity index (χ2n) is 4.00. The van der Waals surface area contributed by atoms with E-state index in [-0.39, 0.29) is 5.82 Å². The van der Waals surface area contributed by atoms with Crippen LogP contribution in [-0.4, -0.2) is 0 Å². The lowest BCUT2D eigenvalue weighted by molar-refractivity contribution is 0.628. The Balaban J connectivity index is 2.34. The van der Waals surface area contributed by atoms with Crippen LogP contribution in [0.4, 0.5) is 21.5 Å².